The molecule has 0 N–H and O–H groups in total. The fraction of sp³-hybridized carbons (Fsp3) is 0.273. The highest BCUT2D eigenvalue weighted by molar-refractivity contribution is 6.19. The van der Waals surface area contributed by atoms with Crippen LogP contribution in [0.5, 0.6) is 0 Å². The summed E-state index contributed by atoms with van der Waals surface area (Å²) < 4.78 is 7.44. The van der Waals surface area contributed by atoms with Crippen LogP contribution in [-0.4, -0.2) is 21.2 Å². The lowest BCUT2D eigenvalue weighted by molar-refractivity contribution is 0.0551. The van der Waals surface area contributed by atoms with Crippen LogP contribution in [0.2, 0.25) is 0 Å². The van der Waals surface area contributed by atoms with Crippen molar-refractivity contribution in [2.75, 3.05) is 0 Å². The van der Waals surface area contributed by atoms with E-state index < -0.39 is 5.60 Å². The number of hydrogen-bond acceptors (Lipinski definition) is 3. The first-order chi connectivity index (χ1) is 12.3. The molecule has 0 bridgehead atoms. The van der Waals surface area contributed by atoms with E-state index >= 15 is 0 Å². The van der Waals surface area contributed by atoms with Gasteiger partial charge in [-0.05, 0) is 63.3 Å². The molecule has 132 valence electrons. The van der Waals surface area contributed by atoms with E-state index in [4.69, 9.17) is 4.74 Å². The van der Waals surface area contributed by atoms with Crippen LogP contribution < -0.4 is 0 Å². The molecule has 0 unspecified atom stereocenters. The second kappa shape index (κ2) is 5.56. The molecule has 4 heteroatoms. The summed E-state index contributed by atoms with van der Waals surface area (Å²) in [5.74, 6) is 0. The molecule has 4 rings (SSSR count). The number of rotatable bonds is 0. The second-order valence-corrected chi connectivity index (χ2v) is 7.73. The molecule has 26 heavy (non-hydrogen) atoms. The van der Waals surface area contributed by atoms with E-state index in [9.17, 15) is 4.79 Å². The Bertz CT molecular complexity index is 1180. The maximum Gasteiger partial charge on any atom is 0.419 e. The fourth-order valence-corrected chi connectivity index (χ4v) is 3.75. The van der Waals surface area contributed by atoms with Gasteiger partial charge in [0.2, 0.25) is 0 Å². The Balaban J connectivity index is 2.21. The van der Waals surface area contributed by atoms with Gasteiger partial charge in [-0.1, -0.05) is 18.2 Å². The fourth-order valence-electron chi connectivity index (χ4n) is 3.75. The van der Waals surface area contributed by atoms with Crippen molar-refractivity contribution >= 4 is 38.7 Å². The van der Waals surface area contributed by atoms with Crippen molar-refractivity contribution in [2.45, 2.75) is 40.2 Å². The number of ether oxygens (including phenoxy) is 1. The molecule has 0 saturated heterocycles. The third-order valence-corrected chi connectivity index (χ3v) is 4.81. The average molecular weight is 346 g/mol. The molecule has 0 radical (unpaired) electrons. The van der Waals surface area contributed by atoms with Gasteiger partial charge in [-0.3, -0.25) is 4.98 Å². The molecule has 0 aliphatic carbocycles. The van der Waals surface area contributed by atoms with Crippen molar-refractivity contribution in [3.05, 3.63) is 53.9 Å². The molecular weight excluding hydrogens is 324 g/mol. The molecule has 0 aliphatic rings. The van der Waals surface area contributed by atoms with Gasteiger partial charge in [-0.2, -0.15) is 0 Å². The number of para-hydroxylation sites is 1. The summed E-state index contributed by atoms with van der Waals surface area (Å²) in [6.45, 7) is 9.81. The molecule has 2 heterocycles. The predicted octanol–water partition coefficient (Wildman–Crippen LogP) is 5.74. The van der Waals surface area contributed by atoms with Gasteiger partial charge in [0.1, 0.15) is 5.60 Å². The van der Waals surface area contributed by atoms with E-state index in [1.54, 1.807) is 10.8 Å². The Morgan fingerprint density at radius 3 is 2.46 bits per heavy atom. The van der Waals surface area contributed by atoms with Crippen LogP contribution in [0.15, 0.2) is 42.7 Å². The first-order valence-corrected chi connectivity index (χ1v) is 8.79. The molecule has 0 spiro atoms. The molecule has 0 amide bonds. The van der Waals surface area contributed by atoms with Crippen LogP contribution in [0.4, 0.5) is 4.79 Å². The van der Waals surface area contributed by atoms with E-state index in [0.717, 1.165) is 43.7 Å². The predicted molar refractivity (Wildman–Crippen MR) is 106 cm³/mol. The van der Waals surface area contributed by atoms with Gasteiger partial charge in [0.15, 0.2) is 0 Å². The number of carbonyl (C=O) groups is 1. The summed E-state index contributed by atoms with van der Waals surface area (Å²) in [6.07, 6.45) is 3.34. The van der Waals surface area contributed by atoms with Crippen molar-refractivity contribution in [3.8, 4) is 0 Å². The van der Waals surface area contributed by atoms with Gasteiger partial charge in [-0.25, -0.2) is 9.36 Å². The third-order valence-electron chi connectivity index (χ3n) is 4.81. The van der Waals surface area contributed by atoms with E-state index in [1.807, 2.05) is 51.2 Å². The lowest BCUT2D eigenvalue weighted by Gasteiger charge is -2.21. The van der Waals surface area contributed by atoms with Crippen LogP contribution in [0.25, 0.3) is 32.6 Å². The van der Waals surface area contributed by atoms with Crippen molar-refractivity contribution < 1.29 is 9.53 Å². The Labute approximate surface area is 152 Å². The second-order valence-electron chi connectivity index (χ2n) is 7.73. The summed E-state index contributed by atoms with van der Waals surface area (Å²) in [4.78, 5) is 17.4. The van der Waals surface area contributed by atoms with Gasteiger partial charge >= 0.3 is 6.09 Å². The standard InChI is InChI=1S/C22H22N2O2/c1-13-17-12-23-11-10-15(17)14(2)20-19(13)16-8-6-7-9-18(16)24(20)21(25)26-22(3,4)5/h6-12H,1-5H3. The van der Waals surface area contributed by atoms with Crippen LogP contribution >= 0.6 is 0 Å². The van der Waals surface area contributed by atoms with E-state index in [1.165, 1.54) is 0 Å². The summed E-state index contributed by atoms with van der Waals surface area (Å²) in [6, 6.07) is 10.00. The summed E-state index contributed by atoms with van der Waals surface area (Å²) in [7, 11) is 0. The zero-order chi connectivity index (χ0) is 18.6. The van der Waals surface area contributed by atoms with Crippen LogP contribution in [0, 0.1) is 13.8 Å². The normalized spacial score (nSPS) is 12.2. The van der Waals surface area contributed by atoms with E-state index in [-0.39, 0.29) is 6.09 Å². The highest BCUT2D eigenvalue weighted by Gasteiger charge is 2.25. The molecule has 0 atom stereocenters. The minimum atomic E-state index is -0.557. The molecule has 0 aliphatic heterocycles. The average Bonchev–Trinajstić information content (AvgIpc) is 2.94. The molecule has 2 aromatic carbocycles. The lowest BCUT2D eigenvalue weighted by Crippen LogP contribution is -2.27. The quantitative estimate of drug-likeness (QED) is 0.407. The number of hydrogen-bond donors (Lipinski definition) is 0. The number of pyridine rings is 1. The highest BCUT2D eigenvalue weighted by atomic mass is 16.6. The maximum absolute atomic E-state index is 13.1. The van der Waals surface area contributed by atoms with Gasteiger partial charge in [-0.15, -0.1) is 0 Å². The molecule has 0 fully saturated rings. The van der Waals surface area contributed by atoms with Gasteiger partial charge in [0.25, 0.3) is 0 Å². The van der Waals surface area contributed by atoms with Crippen molar-refractivity contribution in [2.24, 2.45) is 0 Å². The lowest BCUT2D eigenvalue weighted by atomic mass is 9.97. The number of carbonyl (C=O) groups excluding carboxylic acids is 1. The SMILES string of the molecule is Cc1c2cnccc2c(C)c2c1c1ccccc1n2C(=O)OC(C)(C)C. The highest BCUT2D eigenvalue weighted by Crippen LogP contribution is 2.38. The zero-order valence-electron chi connectivity index (χ0n) is 15.8. The number of benzene rings is 2. The minimum absolute atomic E-state index is 0.348. The van der Waals surface area contributed by atoms with Gasteiger partial charge in [0, 0.05) is 28.6 Å². The minimum Gasteiger partial charge on any atom is -0.443 e. The number of fused-ring (bicyclic) bond motifs is 4. The smallest absolute Gasteiger partial charge is 0.419 e. The molecule has 4 aromatic rings. The Morgan fingerprint density at radius 2 is 1.73 bits per heavy atom. The first-order valence-electron chi connectivity index (χ1n) is 8.79. The van der Waals surface area contributed by atoms with Crippen molar-refractivity contribution in [1.82, 2.24) is 9.55 Å². The van der Waals surface area contributed by atoms with Gasteiger partial charge < -0.3 is 4.74 Å². The molecule has 2 aromatic heterocycles. The topological polar surface area (TPSA) is 44.1 Å². The number of nitrogens with zero attached hydrogens (tertiary/aromatic N) is 2. The number of aryl methyl sites for hydroxylation is 2. The van der Waals surface area contributed by atoms with Crippen LogP contribution in [0.3, 0.4) is 0 Å². The molecular formula is C22H22N2O2. The first kappa shape index (κ1) is 16.6. The van der Waals surface area contributed by atoms with E-state index in [2.05, 4.69) is 24.9 Å². The molecule has 0 saturated carbocycles. The monoisotopic (exact) mass is 346 g/mol. The number of aromatic nitrogens is 2. The largest absolute Gasteiger partial charge is 0.443 e. The van der Waals surface area contributed by atoms with Crippen LogP contribution in [0.1, 0.15) is 31.9 Å². The zero-order valence-corrected chi connectivity index (χ0v) is 15.8. The summed E-state index contributed by atoms with van der Waals surface area (Å²) >= 11 is 0. The molecule has 4 nitrogen and oxygen atoms in total. The Morgan fingerprint density at radius 1 is 1.00 bits per heavy atom. The summed E-state index contributed by atoms with van der Waals surface area (Å²) in [5.41, 5.74) is 3.42. The van der Waals surface area contributed by atoms with Crippen molar-refractivity contribution in [1.29, 1.82) is 0 Å². The Hall–Kier alpha value is -2.88. The third kappa shape index (κ3) is 2.37. The van der Waals surface area contributed by atoms with Crippen molar-refractivity contribution in [3.63, 3.8) is 0 Å². The maximum atomic E-state index is 13.1. The van der Waals surface area contributed by atoms with Crippen LogP contribution in [-0.2, 0) is 4.74 Å². The summed E-state index contributed by atoms with van der Waals surface area (Å²) in [5, 5.41) is 4.37. The van der Waals surface area contributed by atoms with E-state index in [0.29, 0.717) is 0 Å². The Kier molecular flexibility index (Phi) is 3.55. The van der Waals surface area contributed by atoms with Gasteiger partial charge in [0.05, 0.1) is 11.0 Å².